The summed E-state index contributed by atoms with van der Waals surface area (Å²) in [4.78, 5) is 35.9. The molecule has 3 N–H and O–H groups in total. The molecular formula is C28H26N2O5. The minimum absolute atomic E-state index is 0.0304. The molecule has 0 aliphatic heterocycles. The highest BCUT2D eigenvalue weighted by Crippen LogP contribution is 2.44. The lowest BCUT2D eigenvalue weighted by Gasteiger charge is -2.14. The zero-order chi connectivity index (χ0) is 24.8. The zero-order valence-electron chi connectivity index (χ0n) is 19.3. The second-order valence-corrected chi connectivity index (χ2v) is 8.14. The molecule has 35 heavy (non-hydrogen) atoms. The number of hydrogen-bond donors (Lipinski definition) is 3. The van der Waals surface area contributed by atoms with Crippen LogP contribution < -0.4 is 10.6 Å². The molecule has 0 radical (unpaired) electrons. The van der Waals surface area contributed by atoms with Crippen molar-refractivity contribution in [3.8, 4) is 11.1 Å². The second-order valence-electron chi connectivity index (χ2n) is 8.14. The van der Waals surface area contributed by atoms with Crippen LogP contribution >= 0.6 is 0 Å². The first-order valence-corrected chi connectivity index (χ1v) is 11.4. The fourth-order valence-corrected chi connectivity index (χ4v) is 4.23. The number of fused-ring (bicyclic) bond motifs is 3. The van der Waals surface area contributed by atoms with Crippen molar-refractivity contribution in [3.05, 3.63) is 101 Å². The summed E-state index contributed by atoms with van der Waals surface area (Å²) in [5, 5.41) is 14.5. The Morgan fingerprint density at radius 1 is 0.971 bits per heavy atom. The monoisotopic (exact) mass is 470 g/mol. The number of ether oxygens (including phenoxy) is 1. The number of nitrogens with one attached hydrogen (secondary N) is 2. The van der Waals surface area contributed by atoms with Crippen LogP contribution in [-0.4, -0.2) is 36.2 Å². The van der Waals surface area contributed by atoms with Gasteiger partial charge < -0.3 is 20.5 Å². The van der Waals surface area contributed by atoms with Gasteiger partial charge in [-0.2, -0.15) is 0 Å². The SMILES string of the molecule is CCc1ccc(NC(=O)/C=C/CNC(=O)OCC2c3ccccc3-c3ccccc32)c(C(=O)O)c1. The van der Waals surface area contributed by atoms with Crippen LogP contribution in [0.5, 0.6) is 0 Å². The van der Waals surface area contributed by atoms with Gasteiger partial charge in [0.15, 0.2) is 0 Å². The molecule has 1 aliphatic rings. The second kappa shape index (κ2) is 10.7. The average Bonchev–Trinajstić information content (AvgIpc) is 3.19. The molecule has 7 heteroatoms. The van der Waals surface area contributed by atoms with Crippen molar-refractivity contribution < 1.29 is 24.2 Å². The Balaban J connectivity index is 1.28. The van der Waals surface area contributed by atoms with Gasteiger partial charge in [0, 0.05) is 18.5 Å². The summed E-state index contributed by atoms with van der Waals surface area (Å²) in [6, 6.07) is 21.1. The standard InChI is InChI=1S/C28H26N2O5/c1-2-18-13-14-25(23(16-18)27(32)33)30-26(31)12-7-15-29-28(34)35-17-24-21-10-5-3-8-19(21)20-9-4-6-11-22(20)24/h3-14,16,24H,2,15,17H2,1H3,(H,29,34)(H,30,31)(H,32,33)/b12-7+. The minimum Gasteiger partial charge on any atom is -0.478 e. The number of carbonyl (C=O) groups excluding carboxylic acids is 2. The van der Waals surface area contributed by atoms with Gasteiger partial charge in [0.2, 0.25) is 5.91 Å². The van der Waals surface area contributed by atoms with E-state index in [2.05, 4.69) is 22.8 Å². The number of alkyl carbamates (subject to hydrolysis) is 1. The molecule has 0 fully saturated rings. The highest BCUT2D eigenvalue weighted by Gasteiger charge is 2.28. The number of aromatic carboxylic acids is 1. The number of rotatable bonds is 8. The van der Waals surface area contributed by atoms with Crippen LogP contribution in [0.3, 0.4) is 0 Å². The molecule has 1 aliphatic carbocycles. The number of carboxylic acids is 1. The van der Waals surface area contributed by atoms with E-state index in [-0.39, 0.29) is 30.3 Å². The maximum Gasteiger partial charge on any atom is 0.407 e. The fourth-order valence-electron chi connectivity index (χ4n) is 4.23. The number of aryl methyl sites for hydroxylation is 1. The molecule has 0 saturated carbocycles. The van der Waals surface area contributed by atoms with Crippen molar-refractivity contribution in [3.63, 3.8) is 0 Å². The average molecular weight is 471 g/mol. The third kappa shape index (κ3) is 5.41. The third-order valence-electron chi connectivity index (χ3n) is 5.96. The van der Waals surface area contributed by atoms with Gasteiger partial charge in [-0.1, -0.05) is 67.6 Å². The molecule has 3 aromatic carbocycles. The smallest absolute Gasteiger partial charge is 0.407 e. The molecule has 0 aromatic heterocycles. The summed E-state index contributed by atoms with van der Waals surface area (Å²) in [7, 11) is 0. The molecule has 0 bridgehead atoms. The largest absolute Gasteiger partial charge is 0.478 e. The topological polar surface area (TPSA) is 105 Å². The normalized spacial score (nSPS) is 12.1. The number of benzene rings is 3. The zero-order valence-corrected chi connectivity index (χ0v) is 19.3. The lowest BCUT2D eigenvalue weighted by molar-refractivity contribution is -0.111. The van der Waals surface area contributed by atoms with Gasteiger partial charge >= 0.3 is 12.1 Å². The van der Waals surface area contributed by atoms with Crippen molar-refractivity contribution in [2.75, 3.05) is 18.5 Å². The Kier molecular flexibility index (Phi) is 7.26. The highest BCUT2D eigenvalue weighted by atomic mass is 16.5. The van der Waals surface area contributed by atoms with Gasteiger partial charge in [0.05, 0.1) is 11.3 Å². The summed E-state index contributed by atoms with van der Waals surface area (Å²) in [5.41, 5.74) is 5.68. The van der Waals surface area contributed by atoms with Crippen molar-refractivity contribution in [1.82, 2.24) is 5.32 Å². The summed E-state index contributed by atoms with van der Waals surface area (Å²) >= 11 is 0. The molecule has 0 spiro atoms. The molecule has 0 atom stereocenters. The number of carboxylic acid groups (broad SMARTS) is 1. The van der Waals surface area contributed by atoms with E-state index in [1.54, 1.807) is 18.2 Å². The van der Waals surface area contributed by atoms with E-state index in [9.17, 15) is 19.5 Å². The summed E-state index contributed by atoms with van der Waals surface area (Å²) in [5.74, 6) is -1.64. The van der Waals surface area contributed by atoms with Crippen molar-refractivity contribution in [2.24, 2.45) is 0 Å². The van der Waals surface area contributed by atoms with Crippen molar-refractivity contribution in [1.29, 1.82) is 0 Å². The maximum atomic E-state index is 12.2. The number of anilines is 1. The third-order valence-corrected chi connectivity index (χ3v) is 5.96. The Morgan fingerprint density at radius 2 is 1.63 bits per heavy atom. The van der Waals surface area contributed by atoms with E-state index in [0.29, 0.717) is 6.42 Å². The van der Waals surface area contributed by atoms with E-state index >= 15 is 0 Å². The lowest BCUT2D eigenvalue weighted by atomic mass is 9.98. The van der Waals surface area contributed by atoms with Crippen LogP contribution in [-0.2, 0) is 16.0 Å². The molecule has 0 heterocycles. The first kappa shape index (κ1) is 23.8. The minimum atomic E-state index is -1.11. The van der Waals surface area contributed by atoms with Crippen LogP contribution in [0.4, 0.5) is 10.5 Å². The van der Waals surface area contributed by atoms with Crippen molar-refractivity contribution in [2.45, 2.75) is 19.3 Å². The van der Waals surface area contributed by atoms with Crippen LogP contribution in [0, 0.1) is 0 Å². The van der Waals surface area contributed by atoms with Crippen LogP contribution in [0.2, 0.25) is 0 Å². The highest BCUT2D eigenvalue weighted by molar-refractivity contribution is 6.04. The Bertz CT molecular complexity index is 1250. The number of carbonyl (C=O) groups is 3. The molecule has 3 aromatic rings. The van der Waals surface area contributed by atoms with E-state index < -0.39 is 18.0 Å². The van der Waals surface area contributed by atoms with Gasteiger partial charge in [-0.25, -0.2) is 9.59 Å². The molecule has 4 rings (SSSR count). The van der Waals surface area contributed by atoms with Crippen LogP contribution in [0.1, 0.15) is 39.9 Å². The molecule has 7 nitrogen and oxygen atoms in total. The fraction of sp³-hybridized carbons (Fsp3) is 0.179. The predicted molar refractivity (Wildman–Crippen MR) is 134 cm³/mol. The van der Waals surface area contributed by atoms with Crippen molar-refractivity contribution >= 4 is 23.7 Å². The quantitative estimate of drug-likeness (QED) is 0.403. The molecule has 178 valence electrons. The van der Waals surface area contributed by atoms with E-state index in [0.717, 1.165) is 27.8 Å². The maximum absolute atomic E-state index is 12.2. The van der Waals surface area contributed by atoms with Gasteiger partial charge in [-0.3, -0.25) is 4.79 Å². The first-order chi connectivity index (χ1) is 17.0. The lowest BCUT2D eigenvalue weighted by Crippen LogP contribution is -2.26. The number of hydrogen-bond acceptors (Lipinski definition) is 4. The predicted octanol–water partition coefficient (Wildman–Crippen LogP) is 4.98. The Hall–Kier alpha value is -4.39. The van der Waals surface area contributed by atoms with Crippen LogP contribution in [0.15, 0.2) is 78.9 Å². The molecule has 2 amide bonds. The summed E-state index contributed by atoms with van der Waals surface area (Å²) < 4.78 is 5.46. The molecular weight excluding hydrogens is 444 g/mol. The van der Waals surface area contributed by atoms with E-state index in [1.165, 1.54) is 12.2 Å². The summed E-state index contributed by atoms with van der Waals surface area (Å²) in [6.45, 7) is 2.21. The van der Waals surface area contributed by atoms with Gasteiger partial charge in [-0.15, -0.1) is 0 Å². The van der Waals surface area contributed by atoms with E-state index in [1.807, 2.05) is 43.3 Å². The van der Waals surface area contributed by atoms with Gasteiger partial charge in [0.25, 0.3) is 0 Å². The molecule has 0 saturated heterocycles. The Labute approximate surface area is 203 Å². The number of amides is 2. The van der Waals surface area contributed by atoms with Crippen LogP contribution in [0.25, 0.3) is 11.1 Å². The first-order valence-electron chi connectivity index (χ1n) is 11.4. The van der Waals surface area contributed by atoms with E-state index in [4.69, 9.17) is 4.74 Å². The Morgan fingerprint density at radius 3 is 2.26 bits per heavy atom. The van der Waals surface area contributed by atoms with Gasteiger partial charge in [-0.05, 0) is 46.4 Å². The molecule has 0 unspecified atom stereocenters. The van der Waals surface area contributed by atoms with Gasteiger partial charge in [0.1, 0.15) is 6.61 Å². The summed E-state index contributed by atoms with van der Waals surface area (Å²) in [6.07, 6.45) is 2.82.